The van der Waals surface area contributed by atoms with Gasteiger partial charge in [0.05, 0.1) is 25.6 Å². The third-order valence-electron chi connectivity index (χ3n) is 4.15. The normalized spacial score (nSPS) is 13.8. The molecule has 0 saturated carbocycles. The monoisotopic (exact) mass is 351 g/mol. The highest BCUT2D eigenvalue weighted by Crippen LogP contribution is 2.25. The van der Waals surface area contributed by atoms with Gasteiger partial charge in [-0.15, -0.1) is 0 Å². The number of anilines is 1. The van der Waals surface area contributed by atoms with Crippen molar-refractivity contribution in [3.05, 3.63) is 29.7 Å². The maximum atomic E-state index is 6.05. The van der Waals surface area contributed by atoms with Gasteiger partial charge in [0.2, 0.25) is 11.8 Å². The Morgan fingerprint density at radius 1 is 1.15 bits per heavy atom. The Hall–Kier alpha value is -3.38. The molecule has 0 aliphatic carbocycles. The second kappa shape index (κ2) is 6.50. The van der Waals surface area contributed by atoms with Crippen molar-refractivity contribution < 1.29 is 9.47 Å². The molecule has 0 unspecified atom stereocenters. The van der Waals surface area contributed by atoms with Crippen molar-refractivity contribution in [2.24, 2.45) is 0 Å². The minimum absolute atomic E-state index is 0.239. The first-order chi connectivity index (χ1) is 12.7. The van der Waals surface area contributed by atoms with Crippen LogP contribution in [0.3, 0.4) is 0 Å². The van der Waals surface area contributed by atoms with Gasteiger partial charge in [-0.1, -0.05) is 5.92 Å². The predicted molar refractivity (Wildman–Crippen MR) is 95.0 cm³/mol. The third-order valence-corrected chi connectivity index (χ3v) is 4.15. The standard InChI is InChI=1S/C17H17N7O2/c1-25-13-5-10(6-14(22-13)26-2)3-4-12-15-16(18)20-9-21-17(15)24(23-12)11-7-19-8-11/h5-6,9,11,19H,7-8H2,1-2H3,(H2,18,20,21). The molecule has 4 rings (SSSR count). The fourth-order valence-corrected chi connectivity index (χ4v) is 2.68. The van der Waals surface area contributed by atoms with Gasteiger partial charge < -0.3 is 20.5 Å². The number of nitrogen functional groups attached to an aromatic ring is 1. The lowest BCUT2D eigenvalue weighted by molar-refractivity contribution is 0.324. The Morgan fingerprint density at radius 3 is 2.50 bits per heavy atom. The minimum atomic E-state index is 0.239. The molecule has 1 aliphatic heterocycles. The lowest BCUT2D eigenvalue weighted by atomic mass is 10.2. The van der Waals surface area contributed by atoms with Gasteiger partial charge in [0.15, 0.2) is 5.65 Å². The summed E-state index contributed by atoms with van der Waals surface area (Å²) in [4.78, 5) is 12.6. The number of nitrogens with two attached hydrogens (primary N) is 1. The second-order valence-electron chi connectivity index (χ2n) is 5.75. The van der Waals surface area contributed by atoms with Gasteiger partial charge in [-0.25, -0.2) is 14.6 Å². The number of pyridine rings is 1. The molecule has 0 atom stereocenters. The lowest BCUT2D eigenvalue weighted by Gasteiger charge is -2.27. The molecule has 0 aromatic carbocycles. The summed E-state index contributed by atoms with van der Waals surface area (Å²) in [6, 6.07) is 3.69. The summed E-state index contributed by atoms with van der Waals surface area (Å²) in [5.41, 5.74) is 7.98. The van der Waals surface area contributed by atoms with E-state index < -0.39 is 0 Å². The van der Waals surface area contributed by atoms with E-state index in [1.54, 1.807) is 26.4 Å². The van der Waals surface area contributed by atoms with Crippen LogP contribution in [0, 0.1) is 11.8 Å². The Morgan fingerprint density at radius 2 is 1.88 bits per heavy atom. The Kier molecular flexibility index (Phi) is 4.02. The summed E-state index contributed by atoms with van der Waals surface area (Å²) in [5, 5.41) is 8.51. The maximum Gasteiger partial charge on any atom is 0.217 e. The highest BCUT2D eigenvalue weighted by atomic mass is 16.5. The SMILES string of the molecule is COc1cc(C#Cc2nn(C3CNC3)c3ncnc(N)c23)cc(OC)n1. The molecule has 9 nitrogen and oxygen atoms in total. The van der Waals surface area contributed by atoms with E-state index >= 15 is 0 Å². The van der Waals surface area contributed by atoms with Crippen molar-refractivity contribution in [3.8, 4) is 23.6 Å². The summed E-state index contributed by atoms with van der Waals surface area (Å²) in [6.45, 7) is 1.68. The van der Waals surface area contributed by atoms with Crippen LogP contribution in [0.5, 0.6) is 11.8 Å². The smallest absolute Gasteiger partial charge is 0.217 e. The van der Waals surface area contributed by atoms with Gasteiger partial charge in [-0.05, 0) is 5.92 Å². The van der Waals surface area contributed by atoms with Gasteiger partial charge in [0.1, 0.15) is 17.8 Å². The zero-order valence-corrected chi connectivity index (χ0v) is 14.4. The van der Waals surface area contributed by atoms with Crippen molar-refractivity contribution in [2.45, 2.75) is 6.04 Å². The Bertz CT molecular complexity index is 1010. The third kappa shape index (κ3) is 2.76. The Labute approximate surface area is 149 Å². The van der Waals surface area contributed by atoms with Gasteiger partial charge in [-0.3, -0.25) is 0 Å². The molecule has 9 heteroatoms. The largest absolute Gasteiger partial charge is 0.481 e. The molecule has 1 saturated heterocycles. The van der Waals surface area contributed by atoms with E-state index in [0.29, 0.717) is 39.9 Å². The van der Waals surface area contributed by atoms with Crippen LogP contribution < -0.4 is 20.5 Å². The van der Waals surface area contributed by atoms with Crippen LogP contribution in [0.25, 0.3) is 11.0 Å². The average Bonchev–Trinajstić information content (AvgIpc) is 2.98. The van der Waals surface area contributed by atoms with E-state index in [4.69, 9.17) is 15.2 Å². The summed E-state index contributed by atoms with van der Waals surface area (Å²) < 4.78 is 12.2. The summed E-state index contributed by atoms with van der Waals surface area (Å²) in [6.07, 6.45) is 1.44. The molecule has 0 bridgehead atoms. The maximum absolute atomic E-state index is 6.05. The fraction of sp³-hybridized carbons (Fsp3) is 0.294. The van der Waals surface area contributed by atoms with Gasteiger partial charge >= 0.3 is 0 Å². The number of nitrogens with zero attached hydrogens (tertiary/aromatic N) is 5. The number of nitrogens with one attached hydrogen (secondary N) is 1. The van der Waals surface area contributed by atoms with Crippen LogP contribution in [0.15, 0.2) is 18.5 Å². The zero-order chi connectivity index (χ0) is 18.1. The van der Waals surface area contributed by atoms with E-state index in [0.717, 1.165) is 13.1 Å². The number of ether oxygens (including phenoxy) is 2. The molecular formula is C17H17N7O2. The first-order valence-electron chi connectivity index (χ1n) is 8.01. The van der Waals surface area contributed by atoms with E-state index in [2.05, 4.69) is 37.2 Å². The second-order valence-corrected chi connectivity index (χ2v) is 5.75. The van der Waals surface area contributed by atoms with E-state index in [1.165, 1.54) is 6.33 Å². The first kappa shape index (κ1) is 16.1. The van der Waals surface area contributed by atoms with Crippen molar-refractivity contribution in [1.29, 1.82) is 0 Å². The van der Waals surface area contributed by atoms with Crippen LogP contribution >= 0.6 is 0 Å². The Balaban J connectivity index is 1.80. The molecular weight excluding hydrogens is 334 g/mol. The summed E-state index contributed by atoms with van der Waals surface area (Å²) >= 11 is 0. The van der Waals surface area contributed by atoms with Crippen LogP contribution in [-0.4, -0.2) is 52.0 Å². The number of fused-ring (bicyclic) bond motifs is 1. The number of rotatable bonds is 3. The molecule has 0 amide bonds. The summed E-state index contributed by atoms with van der Waals surface area (Å²) in [7, 11) is 3.08. The number of hydrogen-bond acceptors (Lipinski definition) is 8. The number of methoxy groups -OCH3 is 2. The van der Waals surface area contributed by atoms with Crippen LogP contribution in [0.1, 0.15) is 17.3 Å². The predicted octanol–water partition coefficient (Wildman–Crippen LogP) is 0.365. The van der Waals surface area contributed by atoms with Crippen LogP contribution in [0.4, 0.5) is 5.82 Å². The molecule has 3 aromatic heterocycles. The van der Waals surface area contributed by atoms with E-state index in [9.17, 15) is 0 Å². The van der Waals surface area contributed by atoms with Crippen molar-refractivity contribution in [1.82, 2.24) is 30.0 Å². The van der Waals surface area contributed by atoms with Crippen molar-refractivity contribution in [3.63, 3.8) is 0 Å². The molecule has 0 spiro atoms. The van der Waals surface area contributed by atoms with Crippen molar-refractivity contribution in [2.75, 3.05) is 33.0 Å². The van der Waals surface area contributed by atoms with Crippen LogP contribution in [0.2, 0.25) is 0 Å². The van der Waals surface area contributed by atoms with Gasteiger partial charge in [0, 0.05) is 30.8 Å². The quantitative estimate of drug-likeness (QED) is 0.651. The van der Waals surface area contributed by atoms with Gasteiger partial charge in [-0.2, -0.15) is 10.1 Å². The topological polar surface area (TPSA) is 113 Å². The molecule has 3 aromatic rings. The molecule has 26 heavy (non-hydrogen) atoms. The van der Waals surface area contributed by atoms with E-state index in [1.807, 2.05) is 4.68 Å². The molecule has 3 N–H and O–H groups in total. The highest BCUT2D eigenvalue weighted by molar-refractivity contribution is 5.90. The minimum Gasteiger partial charge on any atom is -0.481 e. The van der Waals surface area contributed by atoms with Crippen LogP contribution in [-0.2, 0) is 0 Å². The fourth-order valence-electron chi connectivity index (χ4n) is 2.68. The first-order valence-corrected chi connectivity index (χ1v) is 8.01. The number of hydrogen-bond donors (Lipinski definition) is 2. The lowest BCUT2D eigenvalue weighted by Crippen LogP contribution is -2.43. The molecule has 1 aliphatic rings. The molecule has 0 radical (unpaired) electrons. The van der Waals surface area contributed by atoms with Crippen molar-refractivity contribution >= 4 is 16.9 Å². The average molecular weight is 351 g/mol. The number of aromatic nitrogens is 5. The molecule has 1 fully saturated rings. The molecule has 4 heterocycles. The highest BCUT2D eigenvalue weighted by Gasteiger charge is 2.24. The molecule has 132 valence electrons. The zero-order valence-electron chi connectivity index (χ0n) is 14.4. The summed E-state index contributed by atoms with van der Waals surface area (Å²) in [5.74, 6) is 7.35. The van der Waals surface area contributed by atoms with E-state index in [-0.39, 0.29) is 6.04 Å². The van der Waals surface area contributed by atoms with Gasteiger partial charge in [0.25, 0.3) is 0 Å².